The average molecular weight is 586 g/mol. The van der Waals surface area contributed by atoms with Crippen LogP contribution in [0, 0.1) is 0 Å². The zero-order valence-electron chi connectivity index (χ0n) is 20.9. The third kappa shape index (κ3) is 5.94. The van der Waals surface area contributed by atoms with Gasteiger partial charge in [-0.3, -0.25) is 9.59 Å². The van der Waals surface area contributed by atoms with Crippen molar-refractivity contribution in [2.24, 2.45) is 0 Å². The van der Waals surface area contributed by atoms with Gasteiger partial charge in [-0.25, -0.2) is 9.69 Å². The van der Waals surface area contributed by atoms with E-state index in [9.17, 15) is 14.4 Å². The quantitative estimate of drug-likeness (QED) is 0.203. The Morgan fingerprint density at radius 2 is 1.72 bits per heavy atom. The van der Waals surface area contributed by atoms with Gasteiger partial charge >= 0.3 is 6.03 Å². The molecule has 0 aliphatic carbocycles. The minimum absolute atomic E-state index is 0.0405. The Balaban J connectivity index is 1.30. The lowest BCUT2D eigenvalue weighted by Gasteiger charge is -2.13. The maximum Gasteiger partial charge on any atom is 0.329 e. The normalized spacial score (nSPS) is 14.0. The molecule has 4 aromatic rings. The molecule has 0 aromatic heterocycles. The maximum atomic E-state index is 13.0. The number of urea groups is 1. The molecule has 8 nitrogen and oxygen atoms in total. The van der Waals surface area contributed by atoms with E-state index in [1.165, 1.54) is 7.11 Å². The van der Waals surface area contributed by atoms with Crippen molar-refractivity contribution in [1.82, 2.24) is 10.2 Å². The molecule has 5 rings (SSSR count). The molecule has 0 saturated carbocycles. The van der Waals surface area contributed by atoms with Crippen molar-refractivity contribution in [2.45, 2.75) is 6.61 Å². The highest BCUT2D eigenvalue weighted by Gasteiger charge is 2.35. The summed E-state index contributed by atoms with van der Waals surface area (Å²) in [6, 6.07) is 25.8. The lowest BCUT2D eigenvalue weighted by molar-refractivity contribution is -0.127. The van der Waals surface area contributed by atoms with Crippen molar-refractivity contribution >= 4 is 56.3 Å². The summed E-state index contributed by atoms with van der Waals surface area (Å²) in [5.74, 6) is -0.149. The molecular formula is C30H24BrN3O5. The van der Waals surface area contributed by atoms with E-state index in [2.05, 4.69) is 38.7 Å². The van der Waals surface area contributed by atoms with E-state index in [-0.39, 0.29) is 5.70 Å². The van der Waals surface area contributed by atoms with Gasteiger partial charge < -0.3 is 20.1 Å². The van der Waals surface area contributed by atoms with Gasteiger partial charge in [0, 0.05) is 10.0 Å². The van der Waals surface area contributed by atoms with Crippen LogP contribution < -0.4 is 20.1 Å². The second kappa shape index (κ2) is 11.4. The summed E-state index contributed by atoms with van der Waals surface area (Å²) in [5, 5.41) is 7.49. The van der Waals surface area contributed by atoms with E-state index in [1.54, 1.807) is 42.5 Å². The number of para-hydroxylation sites is 2. The highest BCUT2D eigenvalue weighted by Crippen LogP contribution is 2.28. The number of ether oxygens (including phenoxy) is 2. The van der Waals surface area contributed by atoms with Gasteiger partial charge in [0.05, 0.1) is 12.8 Å². The zero-order valence-corrected chi connectivity index (χ0v) is 22.5. The van der Waals surface area contributed by atoms with Crippen LogP contribution in [0.5, 0.6) is 11.5 Å². The maximum absolute atomic E-state index is 13.0. The summed E-state index contributed by atoms with van der Waals surface area (Å²) in [4.78, 5) is 39.1. The molecule has 4 aromatic carbocycles. The summed E-state index contributed by atoms with van der Waals surface area (Å²) in [6.45, 7) is -0.137. The van der Waals surface area contributed by atoms with Crippen molar-refractivity contribution in [3.63, 3.8) is 0 Å². The highest BCUT2D eigenvalue weighted by atomic mass is 79.9. The number of nitrogens with zero attached hydrogens (tertiary/aromatic N) is 1. The van der Waals surface area contributed by atoms with Gasteiger partial charge in [-0.2, -0.15) is 0 Å². The second-order valence-corrected chi connectivity index (χ2v) is 9.70. The topological polar surface area (TPSA) is 97.0 Å². The van der Waals surface area contributed by atoms with E-state index in [4.69, 9.17) is 9.47 Å². The predicted octanol–water partition coefficient (Wildman–Crippen LogP) is 5.72. The van der Waals surface area contributed by atoms with Crippen molar-refractivity contribution in [2.75, 3.05) is 19.0 Å². The van der Waals surface area contributed by atoms with Crippen LogP contribution in [0.2, 0.25) is 0 Å². The zero-order chi connectivity index (χ0) is 27.4. The molecule has 1 saturated heterocycles. The first kappa shape index (κ1) is 26.0. The molecule has 0 unspecified atom stereocenters. The van der Waals surface area contributed by atoms with Gasteiger partial charge in [0.25, 0.3) is 5.91 Å². The fraction of sp³-hybridized carbons (Fsp3) is 0.100. The van der Waals surface area contributed by atoms with E-state index < -0.39 is 24.4 Å². The van der Waals surface area contributed by atoms with Crippen LogP contribution in [-0.2, 0) is 16.2 Å². The lowest BCUT2D eigenvalue weighted by atomic mass is 10.1. The van der Waals surface area contributed by atoms with Crippen molar-refractivity contribution in [1.29, 1.82) is 0 Å². The van der Waals surface area contributed by atoms with Gasteiger partial charge in [0.15, 0.2) is 0 Å². The Bertz CT molecular complexity index is 1620. The summed E-state index contributed by atoms with van der Waals surface area (Å²) in [5.41, 5.74) is 2.07. The van der Waals surface area contributed by atoms with E-state index in [0.717, 1.165) is 25.7 Å². The number of rotatable bonds is 8. The van der Waals surface area contributed by atoms with E-state index >= 15 is 0 Å². The Labute approximate surface area is 233 Å². The van der Waals surface area contributed by atoms with Crippen molar-refractivity contribution in [3.8, 4) is 11.5 Å². The number of hydrogen-bond acceptors (Lipinski definition) is 5. The van der Waals surface area contributed by atoms with Crippen molar-refractivity contribution in [3.05, 3.63) is 106 Å². The smallest absolute Gasteiger partial charge is 0.329 e. The number of carbonyl (C=O) groups excluding carboxylic acids is 3. The van der Waals surface area contributed by atoms with Gasteiger partial charge in [0.1, 0.15) is 30.3 Å². The molecule has 0 atom stereocenters. The molecule has 39 heavy (non-hydrogen) atoms. The largest absolute Gasteiger partial charge is 0.495 e. The Morgan fingerprint density at radius 1 is 0.949 bits per heavy atom. The van der Waals surface area contributed by atoms with Gasteiger partial charge in [-0.05, 0) is 58.8 Å². The lowest BCUT2D eigenvalue weighted by Crippen LogP contribution is -2.38. The Kier molecular flexibility index (Phi) is 7.60. The number of hydrogen-bond donors (Lipinski definition) is 2. The number of nitrogens with one attached hydrogen (secondary N) is 2. The first-order valence-electron chi connectivity index (χ1n) is 12.1. The molecule has 0 radical (unpaired) electrons. The van der Waals surface area contributed by atoms with Crippen LogP contribution in [-0.4, -0.2) is 36.4 Å². The van der Waals surface area contributed by atoms with Gasteiger partial charge in [-0.15, -0.1) is 0 Å². The number of anilines is 1. The number of fused-ring (bicyclic) bond motifs is 1. The van der Waals surface area contributed by atoms with Crippen LogP contribution in [0.4, 0.5) is 10.5 Å². The predicted molar refractivity (Wildman–Crippen MR) is 152 cm³/mol. The summed E-state index contributed by atoms with van der Waals surface area (Å²) < 4.78 is 12.1. The first-order chi connectivity index (χ1) is 18.9. The van der Waals surface area contributed by atoms with Crippen LogP contribution in [0.15, 0.2) is 95.1 Å². The molecule has 0 bridgehead atoms. The first-order valence-corrected chi connectivity index (χ1v) is 12.9. The highest BCUT2D eigenvalue weighted by molar-refractivity contribution is 9.10. The molecular weight excluding hydrogens is 562 g/mol. The average Bonchev–Trinajstić information content (AvgIpc) is 3.20. The SMILES string of the molecule is COc1ccccc1NC(=O)CN1C(=O)N/C(=C/c2cc(Br)ccc2OCc2ccc3ccccc3c2)C1=O. The Morgan fingerprint density at radius 3 is 2.54 bits per heavy atom. The molecule has 1 fully saturated rings. The number of amides is 4. The van der Waals surface area contributed by atoms with Crippen LogP contribution in [0.1, 0.15) is 11.1 Å². The molecule has 9 heteroatoms. The third-order valence-corrected chi connectivity index (χ3v) is 6.62. The standard InChI is InChI=1S/C30H24BrN3O5/c1-38-27-9-5-4-8-24(27)32-28(35)17-34-29(36)25(33-30(34)37)16-22-15-23(31)12-13-26(22)39-18-19-10-11-20-6-2-3-7-21(20)14-19/h2-16H,17-18H2,1H3,(H,32,35)(H,33,37)/b25-16+. The number of methoxy groups -OCH3 is 1. The van der Waals surface area contributed by atoms with Gasteiger partial charge in [-0.1, -0.05) is 64.5 Å². The second-order valence-electron chi connectivity index (χ2n) is 8.78. The Hall–Kier alpha value is -4.63. The van der Waals surface area contributed by atoms with Crippen LogP contribution in [0.25, 0.3) is 16.8 Å². The number of benzene rings is 4. The van der Waals surface area contributed by atoms with Crippen LogP contribution >= 0.6 is 15.9 Å². The van der Waals surface area contributed by atoms with Crippen molar-refractivity contribution < 1.29 is 23.9 Å². The number of carbonyl (C=O) groups is 3. The minimum Gasteiger partial charge on any atom is -0.495 e. The summed E-state index contributed by atoms with van der Waals surface area (Å²) in [7, 11) is 1.49. The molecule has 196 valence electrons. The van der Waals surface area contributed by atoms with Gasteiger partial charge in [0.2, 0.25) is 5.91 Å². The third-order valence-electron chi connectivity index (χ3n) is 6.12. The summed E-state index contributed by atoms with van der Waals surface area (Å²) >= 11 is 3.45. The molecule has 1 aliphatic heterocycles. The fourth-order valence-corrected chi connectivity index (χ4v) is 4.58. The molecule has 0 spiro atoms. The summed E-state index contributed by atoms with van der Waals surface area (Å²) in [6.07, 6.45) is 1.54. The molecule has 1 heterocycles. The molecule has 4 amide bonds. The minimum atomic E-state index is -0.685. The molecule has 1 aliphatic rings. The van der Waals surface area contributed by atoms with Crippen LogP contribution in [0.3, 0.4) is 0 Å². The van der Waals surface area contributed by atoms with E-state index in [0.29, 0.717) is 29.4 Å². The number of halogens is 1. The number of imide groups is 1. The van der Waals surface area contributed by atoms with E-state index in [1.807, 2.05) is 36.4 Å². The fourth-order valence-electron chi connectivity index (χ4n) is 4.21. The monoisotopic (exact) mass is 585 g/mol. The molecule has 2 N–H and O–H groups in total.